The van der Waals surface area contributed by atoms with Gasteiger partial charge in [0.2, 0.25) is 5.28 Å². The number of anilines is 1. The lowest BCUT2D eigenvalue weighted by Gasteiger charge is -2.34. The maximum absolute atomic E-state index is 6.29. The van der Waals surface area contributed by atoms with Gasteiger partial charge in [0.25, 0.3) is 0 Å². The van der Waals surface area contributed by atoms with Gasteiger partial charge in [-0.15, -0.1) is 11.3 Å². The summed E-state index contributed by atoms with van der Waals surface area (Å²) in [6.07, 6.45) is 6.07. The molecule has 25 heavy (non-hydrogen) atoms. The van der Waals surface area contributed by atoms with Crippen molar-refractivity contribution >= 4 is 39.0 Å². The molecular formula is C20H28ClN3S. The van der Waals surface area contributed by atoms with Crippen LogP contribution in [0.1, 0.15) is 57.4 Å². The average molecular weight is 378 g/mol. The quantitative estimate of drug-likeness (QED) is 0.594. The fourth-order valence-corrected chi connectivity index (χ4v) is 5.83. The largest absolute Gasteiger partial charge is 0.356 e. The van der Waals surface area contributed by atoms with Gasteiger partial charge in [0.05, 0.1) is 5.39 Å². The first-order valence-electron chi connectivity index (χ1n) is 9.55. The third-order valence-corrected chi connectivity index (χ3v) is 7.49. The third kappa shape index (κ3) is 3.28. The molecule has 2 aliphatic rings. The Bertz CT molecular complexity index is 784. The summed E-state index contributed by atoms with van der Waals surface area (Å²) in [5, 5.41) is 1.69. The molecule has 3 heterocycles. The topological polar surface area (TPSA) is 29.0 Å². The van der Waals surface area contributed by atoms with Gasteiger partial charge in [-0.05, 0) is 66.5 Å². The Morgan fingerprint density at radius 2 is 1.84 bits per heavy atom. The van der Waals surface area contributed by atoms with Gasteiger partial charge >= 0.3 is 0 Å². The zero-order valence-corrected chi connectivity index (χ0v) is 17.3. The minimum absolute atomic E-state index is 0.364. The summed E-state index contributed by atoms with van der Waals surface area (Å²) in [5.74, 6) is 2.65. The number of hydrogen-bond donors (Lipinski definition) is 0. The third-order valence-electron chi connectivity index (χ3n) is 6.17. The lowest BCUT2D eigenvalue weighted by Crippen LogP contribution is -2.33. The molecule has 2 aromatic heterocycles. The fraction of sp³-hybridized carbons (Fsp3) is 0.700. The first kappa shape index (κ1) is 17.5. The van der Waals surface area contributed by atoms with Crippen LogP contribution in [0.4, 0.5) is 5.82 Å². The number of aryl methyl sites for hydroxylation is 1. The van der Waals surface area contributed by atoms with E-state index in [1.54, 1.807) is 0 Å². The molecule has 136 valence electrons. The van der Waals surface area contributed by atoms with Crippen molar-refractivity contribution in [3.05, 3.63) is 15.7 Å². The Hall–Kier alpha value is -0.870. The summed E-state index contributed by atoms with van der Waals surface area (Å²) in [4.78, 5) is 14.3. The molecule has 4 rings (SSSR count). The molecule has 1 aliphatic carbocycles. The van der Waals surface area contributed by atoms with Crippen LogP contribution in [0.2, 0.25) is 5.28 Å². The van der Waals surface area contributed by atoms with Crippen molar-refractivity contribution in [1.82, 2.24) is 9.97 Å². The van der Waals surface area contributed by atoms with Crippen LogP contribution in [-0.4, -0.2) is 23.1 Å². The van der Waals surface area contributed by atoms with E-state index in [9.17, 15) is 0 Å². The summed E-state index contributed by atoms with van der Waals surface area (Å²) in [6.45, 7) is 11.6. The highest BCUT2D eigenvalue weighted by molar-refractivity contribution is 7.19. The van der Waals surface area contributed by atoms with E-state index in [2.05, 4.69) is 42.6 Å². The van der Waals surface area contributed by atoms with Crippen molar-refractivity contribution in [2.45, 2.75) is 59.8 Å². The predicted molar refractivity (Wildman–Crippen MR) is 108 cm³/mol. The van der Waals surface area contributed by atoms with Gasteiger partial charge in [-0.25, -0.2) is 4.98 Å². The first-order chi connectivity index (χ1) is 11.8. The Morgan fingerprint density at radius 3 is 2.52 bits per heavy atom. The number of halogens is 1. The molecule has 0 spiro atoms. The summed E-state index contributed by atoms with van der Waals surface area (Å²) in [5.41, 5.74) is 1.87. The number of nitrogens with zero attached hydrogens (tertiary/aromatic N) is 3. The Morgan fingerprint density at radius 1 is 1.12 bits per heavy atom. The molecule has 1 atom stereocenters. The Kier molecular flexibility index (Phi) is 4.48. The van der Waals surface area contributed by atoms with E-state index in [-0.39, 0.29) is 0 Å². The van der Waals surface area contributed by atoms with Crippen LogP contribution in [0.15, 0.2) is 0 Å². The van der Waals surface area contributed by atoms with E-state index in [4.69, 9.17) is 11.6 Å². The lowest BCUT2D eigenvalue weighted by molar-refractivity contribution is 0.218. The van der Waals surface area contributed by atoms with Gasteiger partial charge in [-0.1, -0.05) is 27.7 Å². The van der Waals surface area contributed by atoms with Crippen LogP contribution in [0, 0.1) is 17.3 Å². The van der Waals surface area contributed by atoms with Gasteiger partial charge in [0.1, 0.15) is 10.6 Å². The highest BCUT2D eigenvalue weighted by Gasteiger charge is 2.32. The number of hydrogen-bond acceptors (Lipinski definition) is 4. The SMILES string of the molecule is CC1CCN(c2nc(Cl)nc3sc4c(c23)CCC(C(C)(C)C)C4)CC1. The summed E-state index contributed by atoms with van der Waals surface area (Å²) >= 11 is 8.14. The Labute approximate surface area is 159 Å². The number of rotatable bonds is 1. The van der Waals surface area contributed by atoms with E-state index in [1.807, 2.05) is 11.3 Å². The Balaban J connectivity index is 1.77. The molecule has 2 aromatic rings. The van der Waals surface area contributed by atoms with Crippen molar-refractivity contribution in [3.63, 3.8) is 0 Å². The molecule has 0 amide bonds. The molecule has 0 bridgehead atoms. The number of thiophene rings is 1. The van der Waals surface area contributed by atoms with Crippen LogP contribution in [-0.2, 0) is 12.8 Å². The average Bonchev–Trinajstić information content (AvgIpc) is 2.91. The molecule has 1 unspecified atom stereocenters. The maximum Gasteiger partial charge on any atom is 0.225 e. The van der Waals surface area contributed by atoms with Gasteiger partial charge in [0, 0.05) is 18.0 Å². The molecule has 3 nitrogen and oxygen atoms in total. The van der Waals surface area contributed by atoms with Crippen LogP contribution >= 0.6 is 22.9 Å². The molecular weight excluding hydrogens is 350 g/mol. The minimum atomic E-state index is 0.364. The summed E-state index contributed by atoms with van der Waals surface area (Å²) < 4.78 is 0. The van der Waals surface area contributed by atoms with E-state index < -0.39 is 0 Å². The first-order valence-corrected chi connectivity index (χ1v) is 10.7. The second-order valence-corrected chi connectivity index (χ2v) is 10.4. The van der Waals surface area contributed by atoms with Crippen LogP contribution in [0.5, 0.6) is 0 Å². The van der Waals surface area contributed by atoms with E-state index in [0.29, 0.717) is 10.7 Å². The van der Waals surface area contributed by atoms with Crippen molar-refractivity contribution in [2.75, 3.05) is 18.0 Å². The standard InChI is InChI=1S/C20H28ClN3S/c1-12-7-9-24(10-8-12)17-16-14-6-5-13(20(2,3)4)11-15(14)25-18(16)23-19(21)22-17/h12-13H,5-11H2,1-4H3. The normalized spacial score (nSPS) is 22.4. The minimum Gasteiger partial charge on any atom is -0.356 e. The molecule has 5 heteroatoms. The lowest BCUT2D eigenvalue weighted by atomic mass is 9.72. The zero-order valence-electron chi connectivity index (χ0n) is 15.7. The number of aromatic nitrogens is 2. The zero-order chi connectivity index (χ0) is 17.8. The summed E-state index contributed by atoms with van der Waals surface area (Å²) in [7, 11) is 0. The molecule has 1 aliphatic heterocycles. The van der Waals surface area contributed by atoms with Crippen molar-refractivity contribution in [1.29, 1.82) is 0 Å². The molecule has 0 aromatic carbocycles. The van der Waals surface area contributed by atoms with Crippen LogP contribution in [0.25, 0.3) is 10.2 Å². The second kappa shape index (κ2) is 6.38. The van der Waals surface area contributed by atoms with Gasteiger partial charge in [-0.2, -0.15) is 4.98 Å². The molecule has 0 N–H and O–H groups in total. The van der Waals surface area contributed by atoms with Crippen LogP contribution < -0.4 is 4.90 Å². The highest BCUT2D eigenvalue weighted by atomic mass is 35.5. The maximum atomic E-state index is 6.29. The summed E-state index contributed by atoms with van der Waals surface area (Å²) in [6, 6.07) is 0. The number of piperidine rings is 1. The molecule has 1 saturated heterocycles. The van der Waals surface area contributed by atoms with E-state index in [1.165, 1.54) is 41.5 Å². The highest BCUT2D eigenvalue weighted by Crippen LogP contribution is 2.45. The van der Waals surface area contributed by atoms with Gasteiger partial charge in [-0.3, -0.25) is 0 Å². The van der Waals surface area contributed by atoms with E-state index in [0.717, 1.165) is 42.0 Å². The smallest absolute Gasteiger partial charge is 0.225 e. The van der Waals surface area contributed by atoms with Gasteiger partial charge in [0.15, 0.2) is 0 Å². The van der Waals surface area contributed by atoms with Crippen molar-refractivity contribution in [3.8, 4) is 0 Å². The molecule has 0 saturated carbocycles. The van der Waals surface area contributed by atoms with Crippen molar-refractivity contribution in [2.24, 2.45) is 17.3 Å². The predicted octanol–water partition coefficient (Wildman–Crippen LogP) is 5.73. The van der Waals surface area contributed by atoms with Gasteiger partial charge < -0.3 is 4.90 Å². The fourth-order valence-electron chi connectivity index (χ4n) is 4.32. The molecule has 0 radical (unpaired) electrons. The number of fused-ring (bicyclic) bond motifs is 3. The van der Waals surface area contributed by atoms with E-state index >= 15 is 0 Å². The van der Waals surface area contributed by atoms with Crippen molar-refractivity contribution < 1.29 is 0 Å². The molecule has 1 fully saturated rings. The van der Waals surface area contributed by atoms with Crippen LogP contribution in [0.3, 0.4) is 0 Å². The monoisotopic (exact) mass is 377 g/mol. The second-order valence-electron chi connectivity index (χ2n) is 8.98.